The van der Waals surface area contributed by atoms with Gasteiger partial charge in [0.25, 0.3) is 0 Å². The fraction of sp³-hybridized carbons (Fsp3) is 0.909. The summed E-state index contributed by atoms with van der Waals surface area (Å²) >= 11 is 0. The van der Waals surface area contributed by atoms with Crippen molar-refractivity contribution in [3.8, 4) is 0 Å². The van der Waals surface area contributed by atoms with E-state index in [-0.39, 0.29) is 0 Å². The van der Waals surface area contributed by atoms with Crippen molar-refractivity contribution in [3.63, 3.8) is 0 Å². The summed E-state index contributed by atoms with van der Waals surface area (Å²) in [6.07, 6.45) is 6.07. The first-order chi connectivity index (χ1) is 6.20. The van der Waals surface area contributed by atoms with Crippen LogP contribution < -0.4 is 0 Å². The zero-order chi connectivity index (χ0) is 10.1. The van der Waals surface area contributed by atoms with E-state index < -0.39 is 0 Å². The van der Waals surface area contributed by atoms with Crippen LogP contribution in [0, 0.1) is 0 Å². The fourth-order valence-corrected chi connectivity index (χ4v) is 1.16. The molecule has 0 aromatic carbocycles. The quantitative estimate of drug-likeness (QED) is 0.433. The van der Waals surface area contributed by atoms with Gasteiger partial charge in [0.2, 0.25) is 0 Å². The highest BCUT2D eigenvalue weighted by Gasteiger charge is 1.96. The smallest absolute Gasteiger partial charge is 0.142 e. The molecule has 0 fully saturated rings. The molecule has 0 heterocycles. The normalized spacial score (nSPS) is 12.5. The summed E-state index contributed by atoms with van der Waals surface area (Å²) in [7, 11) is 4.33. The summed E-state index contributed by atoms with van der Waals surface area (Å²) in [4.78, 5) is 2.34. The lowest BCUT2D eigenvalue weighted by Crippen LogP contribution is -2.20. The van der Waals surface area contributed by atoms with Crippen LogP contribution in [0.25, 0.3) is 0 Å². The molecule has 0 rings (SSSR count). The van der Waals surface area contributed by atoms with Gasteiger partial charge in [-0.15, -0.1) is 0 Å². The van der Waals surface area contributed by atoms with E-state index in [0.717, 1.165) is 6.54 Å². The Labute approximate surface area is 83.3 Å². The molecular weight excluding hydrogens is 160 g/mol. The second kappa shape index (κ2) is 8.24. The van der Waals surface area contributed by atoms with Crippen LogP contribution in [-0.4, -0.2) is 49.4 Å². The molecule has 0 aliphatic carbocycles. The Morgan fingerprint density at radius 3 is 2.54 bits per heavy atom. The fourth-order valence-electron chi connectivity index (χ4n) is 1.16. The summed E-state index contributed by atoms with van der Waals surface area (Å²) in [6.45, 7) is 7.95. The average Bonchev–Trinajstić information content (AvgIpc) is 2.14. The minimum absolute atomic E-state index is 1.15. The molecule has 0 atom stereocenters. The second-order valence-corrected chi connectivity index (χ2v) is 3.70. The van der Waals surface area contributed by atoms with Gasteiger partial charge in [-0.2, -0.15) is 0 Å². The standard InChI is InChI=1S/C11H25N2/c1-5-7-9-13(4)11-8-10-12(3)6-2/h11H,5-10H2,1-4H3/q+1. The van der Waals surface area contributed by atoms with Gasteiger partial charge in [-0.25, -0.2) is 4.58 Å². The molecule has 13 heavy (non-hydrogen) atoms. The van der Waals surface area contributed by atoms with E-state index in [1.807, 2.05) is 0 Å². The van der Waals surface area contributed by atoms with E-state index in [2.05, 4.69) is 43.6 Å². The highest BCUT2D eigenvalue weighted by atomic mass is 15.1. The second-order valence-electron chi connectivity index (χ2n) is 3.70. The molecule has 0 radical (unpaired) electrons. The average molecular weight is 185 g/mol. The number of hydrogen-bond acceptors (Lipinski definition) is 1. The van der Waals surface area contributed by atoms with Gasteiger partial charge in [0.1, 0.15) is 19.8 Å². The molecular formula is C11H25N2+. The van der Waals surface area contributed by atoms with Crippen molar-refractivity contribution < 1.29 is 4.58 Å². The Morgan fingerprint density at radius 1 is 1.31 bits per heavy atom. The van der Waals surface area contributed by atoms with Gasteiger partial charge in [0, 0.05) is 19.4 Å². The third kappa shape index (κ3) is 7.97. The molecule has 0 N–H and O–H groups in total. The largest absolute Gasteiger partial charge is 0.306 e. The van der Waals surface area contributed by atoms with Crippen LogP contribution in [-0.2, 0) is 0 Å². The first-order valence-electron chi connectivity index (χ1n) is 5.42. The van der Waals surface area contributed by atoms with Gasteiger partial charge in [-0.1, -0.05) is 20.3 Å². The van der Waals surface area contributed by atoms with E-state index in [1.165, 1.54) is 32.4 Å². The van der Waals surface area contributed by atoms with Crippen LogP contribution in [0.5, 0.6) is 0 Å². The molecule has 78 valence electrons. The molecule has 0 saturated carbocycles. The van der Waals surface area contributed by atoms with E-state index in [0.29, 0.717) is 0 Å². The lowest BCUT2D eigenvalue weighted by atomic mass is 10.3. The number of nitrogens with zero attached hydrogens (tertiary/aromatic N) is 2. The minimum atomic E-state index is 1.15. The molecule has 0 saturated heterocycles. The third-order valence-corrected chi connectivity index (χ3v) is 2.36. The van der Waals surface area contributed by atoms with Crippen molar-refractivity contribution in [1.29, 1.82) is 0 Å². The van der Waals surface area contributed by atoms with E-state index in [9.17, 15) is 0 Å². The Kier molecular flexibility index (Phi) is 8.00. The van der Waals surface area contributed by atoms with Crippen molar-refractivity contribution in [2.45, 2.75) is 33.1 Å². The predicted molar refractivity (Wildman–Crippen MR) is 59.8 cm³/mol. The summed E-state index contributed by atoms with van der Waals surface area (Å²) in [5.74, 6) is 0. The molecule has 2 nitrogen and oxygen atoms in total. The molecule has 0 spiro atoms. The molecule has 0 aliphatic heterocycles. The van der Waals surface area contributed by atoms with E-state index in [4.69, 9.17) is 0 Å². The SMILES string of the molecule is CCCC[N+](C)=CCCN(C)CC. The Morgan fingerprint density at radius 2 is 2.00 bits per heavy atom. The van der Waals surface area contributed by atoms with Crippen LogP contribution >= 0.6 is 0 Å². The molecule has 0 aromatic rings. The Balaban J connectivity index is 3.46. The first kappa shape index (κ1) is 12.6. The summed E-state index contributed by atoms with van der Waals surface area (Å²) in [5, 5.41) is 0. The van der Waals surface area contributed by atoms with Crippen LogP contribution in [0.4, 0.5) is 0 Å². The highest BCUT2D eigenvalue weighted by Crippen LogP contribution is 1.87. The van der Waals surface area contributed by atoms with Gasteiger partial charge in [0.15, 0.2) is 0 Å². The maximum absolute atomic E-state index is 2.34. The maximum atomic E-state index is 2.34. The van der Waals surface area contributed by atoms with Gasteiger partial charge < -0.3 is 4.90 Å². The van der Waals surface area contributed by atoms with Gasteiger partial charge in [-0.3, -0.25) is 0 Å². The van der Waals surface area contributed by atoms with Gasteiger partial charge in [-0.05, 0) is 13.6 Å². The lowest BCUT2D eigenvalue weighted by molar-refractivity contribution is -0.494. The van der Waals surface area contributed by atoms with Crippen molar-refractivity contribution in [2.75, 3.05) is 33.7 Å². The zero-order valence-corrected chi connectivity index (χ0v) is 9.71. The van der Waals surface area contributed by atoms with E-state index >= 15 is 0 Å². The van der Waals surface area contributed by atoms with Gasteiger partial charge >= 0.3 is 0 Å². The summed E-state index contributed by atoms with van der Waals surface area (Å²) in [6, 6.07) is 0. The Bertz CT molecular complexity index is 141. The van der Waals surface area contributed by atoms with E-state index in [1.54, 1.807) is 0 Å². The monoisotopic (exact) mass is 185 g/mol. The van der Waals surface area contributed by atoms with Crippen molar-refractivity contribution >= 4 is 6.21 Å². The van der Waals surface area contributed by atoms with Crippen LogP contribution in [0.15, 0.2) is 0 Å². The number of unbranched alkanes of at least 4 members (excludes halogenated alkanes) is 1. The topological polar surface area (TPSA) is 6.25 Å². The van der Waals surface area contributed by atoms with Crippen molar-refractivity contribution in [2.24, 2.45) is 0 Å². The number of hydrogen-bond donors (Lipinski definition) is 0. The number of rotatable bonds is 7. The molecule has 0 aliphatic rings. The molecule has 2 heteroatoms. The van der Waals surface area contributed by atoms with Crippen LogP contribution in [0.3, 0.4) is 0 Å². The molecule has 0 unspecified atom stereocenters. The van der Waals surface area contributed by atoms with Crippen molar-refractivity contribution in [3.05, 3.63) is 0 Å². The Hall–Kier alpha value is -0.370. The van der Waals surface area contributed by atoms with Crippen LogP contribution in [0.1, 0.15) is 33.1 Å². The zero-order valence-electron chi connectivity index (χ0n) is 9.71. The molecule has 0 amide bonds. The minimum Gasteiger partial charge on any atom is -0.306 e. The highest BCUT2D eigenvalue weighted by molar-refractivity contribution is 5.51. The van der Waals surface area contributed by atoms with Crippen LogP contribution in [0.2, 0.25) is 0 Å². The molecule has 0 bridgehead atoms. The third-order valence-electron chi connectivity index (χ3n) is 2.36. The van der Waals surface area contributed by atoms with Gasteiger partial charge in [0.05, 0.1) is 0 Å². The summed E-state index contributed by atoms with van der Waals surface area (Å²) in [5.41, 5.74) is 0. The summed E-state index contributed by atoms with van der Waals surface area (Å²) < 4.78 is 2.31. The van der Waals surface area contributed by atoms with Crippen molar-refractivity contribution in [1.82, 2.24) is 4.90 Å². The molecule has 0 aromatic heterocycles. The predicted octanol–water partition coefficient (Wildman–Crippen LogP) is 1.84. The lowest BCUT2D eigenvalue weighted by Gasteiger charge is -2.10. The maximum Gasteiger partial charge on any atom is 0.142 e. The first-order valence-corrected chi connectivity index (χ1v) is 5.42.